The minimum atomic E-state index is -0.00334. The first-order valence-electron chi connectivity index (χ1n) is 9.04. The molecule has 142 valence electrons. The highest BCUT2D eigenvalue weighted by Gasteiger charge is 2.31. The molecular weight excluding hydrogens is 452 g/mol. The number of fused-ring (bicyclic) bond motifs is 1. The van der Waals surface area contributed by atoms with Crippen LogP contribution in [0.1, 0.15) is 23.9 Å². The lowest BCUT2D eigenvalue weighted by atomic mass is 10.1. The standard InChI is InChI=1S/C22H19BrN2OS2/c1-4-24-21(26)20(28-22(24)27)12-15-11-13(2)25(14(15)3)19-10-9-18(23)16-7-5-6-8-17(16)19/h5-12H,4H2,1-3H3/b20-12-. The van der Waals surface area contributed by atoms with Crippen molar-refractivity contribution >= 4 is 67.0 Å². The number of thiocarbonyl (C=S) groups is 1. The van der Waals surface area contributed by atoms with Crippen LogP contribution in [0, 0.1) is 13.8 Å². The molecule has 2 aromatic carbocycles. The lowest BCUT2D eigenvalue weighted by molar-refractivity contribution is -0.121. The van der Waals surface area contributed by atoms with Gasteiger partial charge in [-0.25, -0.2) is 0 Å². The van der Waals surface area contributed by atoms with Crippen LogP contribution in [0.3, 0.4) is 0 Å². The van der Waals surface area contributed by atoms with Crippen LogP contribution in [0.4, 0.5) is 0 Å². The minimum Gasteiger partial charge on any atom is -0.317 e. The van der Waals surface area contributed by atoms with Crippen molar-refractivity contribution in [2.75, 3.05) is 6.54 Å². The van der Waals surface area contributed by atoms with Gasteiger partial charge >= 0.3 is 0 Å². The van der Waals surface area contributed by atoms with Gasteiger partial charge in [0.2, 0.25) is 0 Å². The summed E-state index contributed by atoms with van der Waals surface area (Å²) >= 11 is 10.4. The van der Waals surface area contributed by atoms with Crippen molar-refractivity contribution in [3.05, 3.63) is 68.8 Å². The molecule has 0 N–H and O–H groups in total. The Morgan fingerprint density at radius 1 is 1.14 bits per heavy atom. The molecule has 1 amide bonds. The van der Waals surface area contributed by atoms with Gasteiger partial charge in [-0.2, -0.15) is 0 Å². The van der Waals surface area contributed by atoms with Crippen molar-refractivity contribution in [3.63, 3.8) is 0 Å². The Balaban J connectivity index is 1.85. The second kappa shape index (κ2) is 7.50. The Bertz CT molecular complexity index is 1160. The van der Waals surface area contributed by atoms with Gasteiger partial charge in [0.05, 0.1) is 10.6 Å². The van der Waals surface area contributed by atoms with E-state index in [-0.39, 0.29) is 5.91 Å². The molecule has 1 aliphatic heterocycles. The maximum absolute atomic E-state index is 12.6. The maximum atomic E-state index is 12.6. The van der Waals surface area contributed by atoms with E-state index in [9.17, 15) is 4.79 Å². The van der Waals surface area contributed by atoms with Crippen molar-refractivity contribution in [1.82, 2.24) is 9.47 Å². The van der Waals surface area contributed by atoms with E-state index < -0.39 is 0 Å². The third kappa shape index (κ3) is 3.13. The minimum absolute atomic E-state index is 0.00334. The molecule has 0 aliphatic carbocycles. The summed E-state index contributed by atoms with van der Waals surface area (Å²) in [5.74, 6) is -0.00334. The normalized spacial score (nSPS) is 16.0. The van der Waals surface area contributed by atoms with E-state index in [2.05, 4.69) is 70.7 Å². The zero-order chi connectivity index (χ0) is 20.0. The third-order valence-corrected chi connectivity index (χ3v) is 7.10. The number of rotatable bonds is 3. The molecule has 6 heteroatoms. The average molecular weight is 471 g/mol. The van der Waals surface area contributed by atoms with E-state index in [1.807, 2.05) is 19.1 Å². The second-order valence-electron chi connectivity index (χ2n) is 6.70. The first-order chi connectivity index (χ1) is 13.4. The monoisotopic (exact) mass is 470 g/mol. The van der Waals surface area contributed by atoms with Gasteiger partial charge in [-0.1, -0.05) is 64.2 Å². The number of likely N-dealkylation sites (N-methyl/N-ethyl adjacent to an activating group) is 1. The van der Waals surface area contributed by atoms with Crippen LogP contribution in [-0.2, 0) is 4.79 Å². The van der Waals surface area contributed by atoms with Crippen LogP contribution in [-0.4, -0.2) is 26.2 Å². The lowest BCUT2D eigenvalue weighted by Crippen LogP contribution is -2.27. The van der Waals surface area contributed by atoms with Crippen LogP contribution in [0.15, 0.2) is 51.8 Å². The SMILES string of the molecule is CCN1C(=O)/C(=C/c2cc(C)n(-c3ccc(Br)c4ccccc34)c2C)SC1=S. The predicted molar refractivity (Wildman–Crippen MR) is 126 cm³/mol. The van der Waals surface area contributed by atoms with E-state index in [0.29, 0.717) is 15.8 Å². The zero-order valence-corrected chi connectivity index (χ0v) is 19.0. The molecule has 28 heavy (non-hydrogen) atoms. The predicted octanol–water partition coefficient (Wildman–Crippen LogP) is 6.23. The summed E-state index contributed by atoms with van der Waals surface area (Å²) < 4.78 is 3.96. The Morgan fingerprint density at radius 3 is 2.54 bits per heavy atom. The van der Waals surface area contributed by atoms with Crippen molar-refractivity contribution in [1.29, 1.82) is 0 Å². The molecule has 0 saturated carbocycles. The summed E-state index contributed by atoms with van der Waals surface area (Å²) in [7, 11) is 0. The summed E-state index contributed by atoms with van der Waals surface area (Å²) in [6, 6.07) is 14.7. The van der Waals surface area contributed by atoms with Crippen LogP contribution < -0.4 is 0 Å². The van der Waals surface area contributed by atoms with Gasteiger partial charge in [0.25, 0.3) is 5.91 Å². The number of aryl methyl sites for hydroxylation is 1. The Kier molecular flexibility index (Phi) is 5.21. The fourth-order valence-corrected chi connectivity index (χ4v) is 5.51. The number of aromatic nitrogens is 1. The van der Waals surface area contributed by atoms with E-state index in [1.165, 1.54) is 22.5 Å². The maximum Gasteiger partial charge on any atom is 0.266 e. The summed E-state index contributed by atoms with van der Waals surface area (Å²) in [5, 5.41) is 2.36. The van der Waals surface area contributed by atoms with Crippen molar-refractivity contribution in [2.45, 2.75) is 20.8 Å². The van der Waals surface area contributed by atoms with Crippen LogP contribution in [0.25, 0.3) is 22.5 Å². The summed E-state index contributed by atoms with van der Waals surface area (Å²) in [5.41, 5.74) is 4.41. The number of amides is 1. The smallest absolute Gasteiger partial charge is 0.266 e. The number of benzene rings is 2. The fraction of sp³-hybridized carbons (Fsp3) is 0.182. The number of thioether (sulfide) groups is 1. The molecule has 0 radical (unpaired) electrons. The Morgan fingerprint density at radius 2 is 1.86 bits per heavy atom. The number of halogens is 1. The van der Waals surface area contributed by atoms with Gasteiger partial charge in [0, 0.05) is 27.8 Å². The van der Waals surface area contributed by atoms with Crippen molar-refractivity contribution in [3.8, 4) is 5.69 Å². The van der Waals surface area contributed by atoms with E-state index in [1.54, 1.807) is 4.90 Å². The van der Waals surface area contributed by atoms with Crippen LogP contribution in [0.2, 0.25) is 0 Å². The highest BCUT2D eigenvalue weighted by Crippen LogP contribution is 2.35. The molecular formula is C22H19BrN2OS2. The molecule has 1 saturated heterocycles. The van der Waals surface area contributed by atoms with Gasteiger partial charge in [0.1, 0.15) is 4.32 Å². The molecule has 0 bridgehead atoms. The number of hydrogen-bond donors (Lipinski definition) is 0. The Labute approximate surface area is 182 Å². The van der Waals surface area contributed by atoms with E-state index >= 15 is 0 Å². The average Bonchev–Trinajstić information content (AvgIpc) is 3.11. The largest absolute Gasteiger partial charge is 0.317 e. The third-order valence-electron chi connectivity index (χ3n) is 5.04. The molecule has 0 spiro atoms. The molecule has 1 fully saturated rings. The van der Waals surface area contributed by atoms with Gasteiger partial charge < -0.3 is 4.57 Å². The van der Waals surface area contributed by atoms with E-state index in [0.717, 1.165) is 27.1 Å². The fourth-order valence-electron chi connectivity index (χ4n) is 3.66. The van der Waals surface area contributed by atoms with Crippen LogP contribution >= 0.6 is 39.9 Å². The zero-order valence-electron chi connectivity index (χ0n) is 15.8. The van der Waals surface area contributed by atoms with Gasteiger partial charge in [0.15, 0.2) is 0 Å². The molecule has 3 aromatic rings. The summed E-state index contributed by atoms with van der Waals surface area (Å²) in [4.78, 5) is 14.9. The van der Waals surface area contributed by atoms with Gasteiger partial charge in [-0.05, 0) is 56.0 Å². The summed E-state index contributed by atoms with van der Waals surface area (Å²) in [6.45, 7) is 6.73. The molecule has 3 nitrogen and oxygen atoms in total. The van der Waals surface area contributed by atoms with Crippen molar-refractivity contribution < 1.29 is 4.79 Å². The highest BCUT2D eigenvalue weighted by molar-refractivity contribution is 9.10. The second-order valence-corrected chi connectivity index (χ2v) is 9.23. The van der Waals surface area contributed by atoms with Crippen LogP contribution in [0.5, 0.6) is 0 Å². The van der Waals surface area contributed by atoms with Crippen molar-refractivity contribution in [2.24, 2.45) is 0 Å². The summed E-state index contributed by atoms with van der Waals surface area (Å²) in [6.07, 6.45) is 1.97. The first-order valence-corrected chi connectivity index (χ1v) is 11.1. The molecule has 1 aliphatic rings. The topological polar surface area (TPSA) is 25.2 Å². The first kappa shape index (κ1) is 19.4. The highest BCUT2D eigenvalue weighted by atomic mass is 79.9. The molecule has 1 aromatic heterocycles. The van der Waals surface area contributed by atoms with E-state index in [4.69, 9.17) is 12.2 Å². The number of carbonyl (C=O) groups is 1. The molecule has 2 heterocycles. The Hall–Kier alpha value is -1.89. The van der Waals surface area contributed by atoms with Gasteiger partial charge in [-0.15, -0.1) is 0 Å². The quantitative estimate of drug-likeness (QED) is 0.335. The number of carbonyl (C=O) groups excluding carboxylic acids is 1. The lowest BCUT2D eigenvalue weighted by Gasteiger charge is -2.14. The number of hydrogen-bond acceptors (Lipinski definition) is 3. The molecule has 0 unspecified atom stereocenters. The molecule has 0 atom stereocenters. The molecule has 4 rings (SSSR count). The number of nitrogens with zero attached hydrogens (tertiary/aromatic N) is 2. The van der Waals surface area contributed by atoms with Gasteiger partial charge in [-0.3, -0.25) is 9.69 Å².